The van der Waals surface area contributed by atoms with Crippen LogP contribution in [0, 0.1) is 5.41 Å². The van der Waals surface area contributed by atoms with Gasteiger partial charge in [0.05, 0.1) is 25.7 Å². The van der Waals surface area contributed by atoms with E-state index in [2.05, 4.69) is 51.3 Å². The Balaban J connectivity index is 1.81. The molecular formula is C35H33Cl4NO3. The first-order valence-corrected chi connectivity index (χ1v) is 16.1. The molecule has 43 heavy (non-hydrogen) atoms. The minimum Gasteiger partial charge on any atom is -0.478 e. The molecule has 0 amide bonds. The number of carbonyl (C=O) groups is 1. The van der Waals surface area contributed by atoms with Gasteiger partial charge in [-0.25, -0.2) is 4.79 Å². The summed E-state index contributed by atoms with van der Waals surface area (Å²) in [7, 11) is 0. The van der Waals surface area contributed by atoms with Gasteiger partial charge in [0.15, 0.2) is 0 Å². The molecule has 0 aliphatic carbocycles. The molecular weight excluding hydrogens is 624 g/mol. The third-order valence-corrected chi connectivity index (χ3v) is 10.3. The molecule has 224 valence electrons. The lowest BCUT2D eigenvalue weighted by Crippen LogP contribution is -2.31. The Morgan fingerprint density at radius 2 is 1.67 bits per heavy atom. The first-order chi connectivity index (χ1) is 20.3. The predicted molar refractivity (Wildman–Crippen MR) is 179 cm³/mol. The number of aromatic carboxylic acids is 1. The van der Waals surface area contributed by atoms with E-state index in [0.29, 0.717) is 16.5 Å². The zero-order chi connectivity index (χ0) is 31.0. The maximum atomic E-state index is 12.8. The van der Waals surface area contributed by atoms with Crippen molar-refractivity contribution in [3.05, 3.63) is 88.2 Å². The Morgan fingerprint density at radius 3 is 2.37 bits per heavy atom. The highest BCUT2D eigenvalue weighted by Crippen LogP contribution is 2.51. The molecule has 0 atom stereocenters. The molecule has 3 aliphatic rings. The van der Waals surface area contributed by atoms with Crippen molar-refractivity contribution in [2.24, 2.45) is 5.41 Å². The van der Waals surface area contributed by atoms with Crippen molar-refractivity contribution < 1.29 is 14.6 Å². The molecule has 3 aromatic carbocycles. The molecule has 8 heteroatoms. The van der Waals surface area contributed by atoms with E-state index in [9.17, 15) is 9.90 Å². The zero-order valence-corrected chi connectivity index (χ0v) is 27.7. The maximum Gasteiger partial charge on any atom is 0.337 e. The summed E-state index contributed by atoms with van der Waals surface area (Å²) in [4.78, 5) is 15.3. The molecule has 3 aliphatic heterocycles. The van der Waals surface area contributed by atoms with Gasteiger partial charge in [-0.05, 0) is 84.6 Å². The van der Waals surface area contributed by atoms with Crippen molar-refractivity contribution in [3.63, 3.8) is 0 Å². The fraction of sp³-hybridized carbons (Fsp3) is 0.343. The number of aryl methyl sites for hydroxylation is 1. The van der Waals surface area contributed by atoms with E-state index in [1.807, 2.05) is 12.1 Å². The fourth-order valence-corrected chi connectivity index (χ4v) is 7.91. The summed E-state index contributed by atoms with van der Waals surface area (Å²) in [6.07, 6.45) is 7.16. The molecule has 1 N–H and O–H groups in total. The number of hydrogen-bond acceptors (Lipinski definition) is 3. The summed E-state index contributed by atoms with van der Waals surface area (Å²) < 4.78 is 6.79. The van der Waals surface area contributed by atoms with Gasteiger partial charge >= 0.3 is 5.97 Å². The molecule has 0 unspecified atom stereocenters. The second kappa shape index (κ2) is 11.1. The van der Waals surface area contributed by atoms with Crippen LogP contribution in [0.15, 0.2) is 24.3 Å². The van der Waals surface area contributed by atoms with Gasteiger partial charge < -0.3 is 14.7 Å². The molecule has 3 heterocycles. The van der Waals surface area contributed by atoms with Crippen molar-refractivity contribution >= 4 is 75.8 Å². The van der Waals surface area contributed by atoms with Gasteiger partial charge in [0.2, 0.25) is 0 Å². The number of hydrogen-bond donors (Lipinski definition) is 1. The van der Waals surface area contributed by atoms with E-state index in [-0.39, 0.29) is 36.6 Å². The number of fused-ring (bicyclic) bond motifs is 3. The Morgan fingerprint density at radius 1 is 0.977 bits per heavy atom. The molecule has 0 fully saturated rings. The Hall–Kier alpha value is -2.63. The SMILES string of the molecule is C=c1cc2c(cc1/C(C)=C\C(C)(C)C)=C(c1c(Cl)c(Cl)c(Cl)c(Cl)c1C(=O)O)c1cc3c4c(c1O2)CCCN4CCCC3. The Kier molecular flexibility index (Phi) is 7.82. The number of carboxylic acid groups (broad SMARTS) is 1. The Labute approximate surface area is 272 Å². The van der Waals surface area contributed by atoms with E-state index >= 15 is 0 Å². The molecule has 4 nitrogen and oxygen atoms in total. The molecule has 0 aromatic heterocycles. The number of carboxylic acids is 1. The largest absolute Gasteiger partial charge is 0.478 e. The summed E-state index contributed by atoms with van der Waals surface area (Å²) in [6, 6.07) is 6.11. The van der Waals surface area contributed by atoms with E-state index in [1.165, 1.54) is 11.3 Å². The van der Waals surface area contributed by atoms with Crippen LogP contribution in [0.25, 0.3) is 17.7 Å². The molecule has 0 saturated carbocycles. The van der Waals surface area contributed by atoms with Crippen LogP contribution in [-0.2, 0) is 12.8 Å². The van der Waals surface area contributed by atoms with Gasteiger partial charge in [-0.2, -0.15) is 0 Å². The first-order valence-electron chi connectivity index (χ1n) is 14.6. The molecule has 0 bridgehead atoms. The second-order valence-electron chi connectivity index (χ2n) is 12.8. The predicted octanol–water partition coefficient (Wildman–Crippen LogP) is 9.30. The third kappa shape index (κ3) is 5.15. The van der Waals surface area contributed by atoms with Crippen LogP contribution in [0.3, 0.4) is 0 Å². The standard InChI is InChI=1S/C35H33Cl4NO3/c1-17-13-24-22(15-21(17)18(2)16-35(3,4)5)25(26-27(34(41)42)29(37)31(39)30(38)28(26)36)23-14-19-9-6-7-11-40-12-8-10-20(32(19)40)33(23)43-24/h13-16H,1,6-12H2,2-5H3,(H,41,42)/b18-16-. The topological polar surface area (TPSA) is 49.8 Å². The highest BCUT2D eigenvalue weighted by atomic mass is 35.5. The quantitative estimate of drug-likeness (QED) is 0.176. The van der Waals surface area contributed by atoms with Crippen LogP contribution in [0.4, 0.5) is 5.69 Å². The number of benzene rings is 3. The molecule has 6 rings (SSSR count). The summed E-state index contributed by atoms with van der Waals surface area (Å²) >= 11 is 26.6. The number of anilines is 1. The molecule has 0 saturated heterocycles. The van der Waals surface area contributed by atoms with E-state index in [0.717, 1.165) is 78.4 Å². The van der Waals surface area contributed by atoms with Gasteiger partial charge in [-0.3, -0.25) is 0 Å². The van der Waals surface area contributed by atoms with Gasteiger partial charge in [-0.1, -0.05) is 79.8 Å². The minimum absolute atomic E-state index is 0.00973. The lowest BCUT2D eigenvalue weighted by atomic mass is 9.83. The van der Waals surface area contributed by atoms with Crippen LogP contribution in [0.1, 0.15) is 85.1 Å². The van der Waals surface area contributed by atoms with E-state index < -0.39 is 5.97 Å². The van der Waals surface area contributed by atoms with Crippen LogP contribution in [-0.4, -0.2) is 24.2 Å². The van der Waals surface area contributed by atoms with Gasteiger partial charge in [0.1, 0.15) is 11.5 Å². The number of nitrogens with zero attached hydrogens (tertiary/aromatic N) is 1. The average Bonchev–Trinajstić information content (AvgIpc) is 3.14. The highest BCUT2D eigenvalue weighted by Gasteiger charge is 2.35. The summed E-state index contributed by atoms with van der Waals surface area (Å²) in [6.45, 7) is 14.9. The maximum absolute atomic E-state index is 12.8. The molecule has 0 radical (unpaired) electrons. The first kappa shape index (κ1) is 30.4. The minimum atomic E-state index is -1.25. The average molecular weight is 657 g/mol. The Bertz CT molecular complexity index is 1870. The third-order valence-electron chi connectivity index (χ3n) is 8.48. The van der Waals surface area contributed by atoms with Gasteiger partial charge in [-0.15, -0.1) is 0 Å². The van der Waals surface area contributed by atoms with Crippen molar-refractivity contribution in [2.75, 3.05) is 18.0 Å². The number of rotatable bonds is 3. The summed E-state index contributed by atoms with van der Waals surface area (Å²) in [5.41, 5.74) is 6.97. The monoisotopic (exact) mass is 655 g/mol. The van der Waals surface area contributed by atoms with Crippen LogP contribution < -0.4 is 20.1 Å². The summed E-state index contributed by atoms with van der Waals surface area (Å²) in [5.74, 6) is 0.0514. The lowest BCUT2D eigenvalue weighted by molar-refractivity contribution is 0.0696. The number of halogens is 4. The zero-order valence-electron chi connectivity index (χ0n) is 24.7. The number of ether oxygens (including phenoxy) is 1. The molecule has 0 spiro atoms. The number of allylic oxidation sites excluding steroid dienone is 2. The van der Waals surface area contributed by atoms with Gasteiger partial charge in [0.25, 0.3) is 0 Å². The lowest BCUT2D eigenvalue weighted by Gasteiger charge is -2.35. The van der Waals surface area contributed by atoms with E-state index in [1.54, 1.807) is 0 Å². The normalized spacial score (nSPS) is 16.2. The fourth-order valence-electron chi connectivity index (χ4n) is 6.88. The highest BCUT2D eigenvalue weighted by molar-refractivity contribution is 6.53. The van der Waals surface area contributed by atoms with Crippen molar-refractivity contribution in [1.29, 1.82) is 0 Å². The second-order valence-corrected chi connectivity index (χ2v) is 14.3. The smallest absolute Gasteiger partial charge is 0.337 e. The van der Waals surface area contributed by atoms with Crippen molar-refractivity contribution in [3.8, 4) is 11.5 Å². The van der Waals surface area contributed by atoms with Crippen molar-refractivity contribution in [2.45, 2.75) is 59.8 Å². The van der Waals surface area contributed by atoms with Crippen LogP contribution in [0.2, 0.25) is 20.1 Å². The van der Waals surface area contributed by atoms with Crippen LogP contribution in [0.5, 0.6) is 11.5 Å². The molecule has 3 aromatic rings. The van der Waals surface area contributed by atoms with Crippen LogP contribution >= 0.6 is 46.4 Å². The van der Waals surface area contributed by atoms with Crippen molar-refractivity contribution in [1.82, 2.24) is 0 Å². The summed E-state index contributed by atoms with van der Waals surface area (Å²) in [5, 5.41) is 11.8. The van der Waals surface area contributed by atoms with E-state index in [4.69, 9.17) is 51.1 Å². The van der Waals surface area contributed by atoms with Gasteiger partial charge in [0, 0.05) is 46.3 Å².